The Morgan fingerprint density at radius 2 is 2.11 bits per heavy atom. The molecule has 94 valence electrons. The molecule has 7 nitrogen and oxygen atoms in total. The lowest BCUT2D eigenvalue weighted by atomic mass is 10.4. The Balaban J connectivity index is 2.06. The van der Waals surface area contributed by atoms with Gasteiger partial charge in [0.25, 0.3) is 5.91 Å². The Morgan fingerprint density at radius 1 is 1.33 bits per heavy atom. The molecule has 1 amide bonds. The molecule has 2 N–H and O–H groups in total. The van der Waals surface area contributed by atoms with Gasteiger partial charge in [-0.1, -0.05) is 0 Å². The molecular formula is C11H13N5O2. The van der Waals surface area contributed by atoms with E-state index in [1.165, 1.54) is 10.7 Å². The summed E-state index contributed by atoms with van der Waals surface area (Å²) in [5, 5.41) is 13.1. The number of hydroxylamine groups is 1. The van der Waals surface area contributed by atoms with Crippen LogP contribution in [0.3, 0.4) is 0 Å². The molecule has 18 heavy (non-hydrogen) atoms. The lowest BCUT2D eigenvalue weighted by Crippen LogP contribution is -2.23. The second kappa shape index (κ2) is 4.26. The van der Waals surface area contributed by atoms with Gasteiger partial charge < -0.3 is 4.90 Å². The molecule has 0 aromatic carbocycles. The van der Waals surface area contributed by atoms with Crippen molar-refractivity contribution in [2.45, 2.75) is 12.8 Å². The van der Waals surface area contributed by atoms with E-state index in [0.717, 1.165) is 31.7 Å². The van der Waals surface area contributed by atoms with Crippen molar-refractivity contribution < 1.29 is 10.0 Å². The van der Waals surface area contributed by atoms with Crippen molar-refractivity contribution in [1.29, 1.82) is 0 Å². The molecule has 1 aliphatic rings. The molecule has 0 aliphatic carbocycles. The number of fused-ring (bicyclic) bond motifs is 1. The van der Waals surface area contributed by atoms with Crippen LogP contribution < -0.4 is 10.4 Å². The highest BCUT2D eigenvalue weighted by Crippen LogP contribution is 2.18. The van der Waals surface area contributed by atoms with Gasteiger partial charge in [0.2, 0.25) is 0 Å². The Hall–Kier alpha value is -2.15. The predicted molar refractivity (Wildman–Crippen MR) is 63.7 cm³/mol. The number of nitrogens with zero attached hydrogens (tertiary/aromatic N) is 4. The van der Waals surface area contributed by atoms with Gasteiger partial charge in [-0.25, -0.2) is 15.0 Å². The van der Waals surface area contributed by atoms with Crippen LogP contribution in [0.4, 0.5) is 5.82 Å². The van der Waals surface area contributed by atoms with Crippen molar-refractivity contribution in [3.63, 3.8) is 0 Å². The summed E-state index contributed by atoms with van der Waals surface area (Å²) >= 11 is 0. The molecule has 0 bridgehead atoms. The summed E-state index contributed by atoms with van der Waals surface area (Å²) in [5.74, 6) is 0.207. The number of nitrogens with one attached hydrogen (secondary N) is 1. The van der Waals surface area contributed by atoms with Gasteiger partial charge in [0.05, 0.1) is 6.20 Å². The van der Waals surface area contributed by atoms with Crippen LogP contribution in [0.15, 0.2) is 18.3 Å². The molecular weight excluding hydrogens is 234 g/mol. The van der Waals surface area contributed by atoms with E-state index >= 15 is 0 Å². The maximum atomic E-state index is 11.4. The number of rotatable bonds is 2. The predicted octanol–water partition coefficient (Wildman–Crippen LogP) is 0.449. The maximum Gasteiger partial charge on any atom is 0.294 e. The molecule has 2 aromatic heterocycles. The average Bonchev–Trinajstić information content (AvgIpc) is 3.06. The fourth-order valence-corrected chi connectivity index (χ4v) is 2.19. The van der Waals surface area contributed by atoms with Crippen molar-refractivity contribution in [2.75, 3.05) is 18.0 Å². The van der Waals surface area contributed by atoms with Crippen molar-refractivity contribution in [2.24, 2.45) is 0 Å². The topological polar surface area (TPSA) is 82.8 Å². The zero-order valence-corrected chi connectivity index (χ0v) is 9.70. The Bertz CT molecular complexity index is 588. The van der Waals surface area contributed by atoms with Gasteiger partial charge in [-0.3, -0.25) is 10.0 Å². The number of carbonyl (C=O) groups is 1. The first-order chi connectivity index (χ1) is 8.79. The summed E-state index contributed by atoms with van der Waals surface area (Å²) in [6, 6.07) is 3.71. The molecule has 3 rings (SSSR count). The Kier molecular flexibility index (Phi) is 2.60. The number of aromatic nitrogens is 3. The van der Waals surface area contributed by atoms with Crippen molar-refractivity contribution >= 4 is 17.4 Å². The van der Waals surface area contributed by atoms with Gasteiger partial charge in [0.15, 0.2) is 11.3 Å². The molecule has 0 spiro atoms. The van der Waals surface area contributed by atoms with Crippen molar-refractivity contribution in [3.8, 4) is 0 Å². The van der Waals surface area contributed by atoms with Crippen molar-refractivity contribution in [3.05, 3.63) is 24.0 Å². The number of amides is 1. The number of hydrogen-bond donors (Lipinski definition) is 2. The van der Waals surface area contributed by atoms with Crippen LogP contribution in [0, 0.1) is 0 Å². The summed E-state index contributed by atoms with van der Waals surface area (Å²) in [4.78, 5) is 17.7. The van der Waals surface area contributed by atoms with Crippen molar-refractivity contribution in [1.82, 2.24) is 20.1 Å². The summed E-state index contributed by atoms with van der Waals surface area (Å²) in [6.07, 6.45) is 3.71. The minimum atomic E-state index is -0.617. The van der Waals surface area contributed by atoms with E-state index in [0.29, 0.717) is 5.65 Å². The molecule has 0 unspecified atom stereocenters. The van der Waals surface area contributed by atoms with Crippen LogP contribution in [0.1, 0.15) is 23.3 Å². The van der Waals surface area contributed by atoms with E-state index in [1.54, 1.807) is 5.48 Å². The van der Waals surface area contributed by atoms with Gasteiger partial charge in [0, 0.05) is 13.1 Å². The molecule has 0 saturated carbocycles. The number of imidazole rings is 1. The summed E-state index contributed by atoms with van der Waals surface area (Å²) < 4.78 is 1.44. The first-order valence-electron chi connectivity index (χ1n) is 5.84. The average molecular weight is 247 g/mol. The smallest absolute Gasteiger partial charge is 0.294 e. The second-order valence-corrected chi connectivity index (χ2v) is 4.24. The number of anilines is 1. The first kappa shape index (κ1) is 11.0. The van der Waals surface area contributed by atoms with Gasteiger partial charge >= 0.3 is 0 Å². The second-order valence-electron chi connectivity index (χ2n) is 4.24. The van der Waals surface area contributed by atoms with Gasteiger partial charge in [-0.2, -0.15) is 0 Å². The molecule has 1 aliphatic heterocycles. The third-order valence-electron chi connectivity index (χ3n) is 3.11. The van der Waals surface area contributed by atoms with E-state index in [4.69, 9.17) is 5.21 Å². The summed E-state index contributed by atoms with van der Waals surface area (Å²) in [6.45, 7) is 1.96. The number of carbonyl (C=O) groups excluding carboxylic acids is 1. The van der Waals surface area contributed by atoms with Crippen LogP contribution in [0.2, 0.25) is 0 Å². The molecule has 1 fully saturated rings. The van der Waals surface area contributed by atoms with E-state index in [9.17, 15) is 4.79 Å². The van der Waals surface area contributed by atoms with Gasteiger partial charge in [0.1, 0.15) is 5.82 Å². The minimum Gasteiger partial charge on any atom is -0.355 e. The monoisotopic (exact) mass is 247 g/mol. The number of hydrogen-bond acceptors (Lipinski definition) is 5. The van der Waals surface area contributed by atoms with E-state index < -0.39 is 5.91 Å². The van der Waals surface area contributed by atoms with Crippen LogP contribution in [-0.2, 0) is 0 Å². The summed E-state index contributed by atoms with van der Waals surface area (Å²) in [7, 11) is 0. The van der Waals surface area contributed by atoms with Crippen LogP contribution in [0.25, 0.3) is 5.65 Å². The fraction of sp³-hybridized carbons (Fsp3) is 0.364. The van der Waals surface area contributed by atoms with Gasteiger partial charge in [-0.05, 0) is 25.0 Å². The highest BCUT2D eigenvalue weighted by atomic mass is 16.5. The van der Waals surface area contributed by atoms with E-state index in [2.05, 4.69) is 15.0 Å². The molecule has 0 radical (unpaired) electrons. The SMILES string of the molecule is O=C(NO)c1cnc2ccc(N3CCCC3)nn12. The molecule has 7 heteroatoms. The van der Waals surface area contributed by atoms with Crippen LogP contribution in [-0.4, -0.2) is 38.8 Å². The van der Waals surface area contributed by atoms with Crippen LogP contribution >= 0.6 is 0 Å². The Labute approximate surface area is 103 Å². The molecule has 1 saturated heterocycles. The first-order valence-corrected chi connectivity index (χ1v) is 5.84. The minimum absolute atomic E-state index is 0.216. The normalized spacial score (nSPS) is 15.3. The summed E-state index contributed by atoms with van der Waals surface area (Å²) in [5.41, 5.74) is 2.39. The third-order valence-corrected chi connectivity index (χ3v) is 3.11. The van der Waals surface area contributed by atoms with Gasteiger partial charge in [-0.15, -0.1) is 5.10 Å². The zero-order chi connectivity index (χ0) is 12.5. The Morgan fingerprint density at radius 3 is 2.83 bits per heavy atom. The van der Waals surface area contributed by atoms with E-state index in [-0.39, 0.29) is 5.69 Å². The highest BCUT2D eigenvalue weighted by Gasteiger charge is 2.17. The zero-order valence-electron chi connectivity index (χ0n) is 9.70. The lowest BCUT2D eigenvalue weighted by molar-refractivity contribution is 0.0698. The largest absolute Gasteiger partial charge is 0.355 e. The molecule has 2 aromatic rings. The molecule has 0 atom stereocenters. The lowest BCUT2D eigenvalue weighted by Gasteiger charge is -2.15. The fourth-order valence-electron chi connectivity index (χ4n) is 2.19. The molecule has 3 heterocycles. The van der Waals surface area contributed by atoms with E-state index in [1.807, 2.05) is 12.1 Å². The maximum absolute atomic E-state index is 11.4. The quantitative estimate of drug-likeness (QED) is 0.594. The van der Waals surface area contributed by atoms with Crippen LogP contribution in [0.5, 0.6) is 0 Å². The highest BCUT2D eigenvalue weighted by molar-refractivity contribution is 5.92. The third kappa shape index (κ3) is 1.68. The standard InChI is InChI=1S/C11H13N5O2/c17-11(14-18)8-7-12-9-3-4-10(13-16(8)9)15-5-1-2-6-15/h3-4,7,18H,1-2,5-6H2,(H,14,17).